The van der Waals surface area contributed by atoms with E-state index < -0.39 is 42.7 Å². The first-order valence-corrected chi connectivity index (χ1v) is 22.7. The van der Waals surface area contributed by atoms with Crippen molar-refractivity contribution in [1.82, 2.24) is 9.97 Å². The van der Waals surface area contributed by atoms with Crippen molar-refractivity contribution in [3.63, 3.8) is 0 Å². The minimum Gasteiger partial charge on any atom is -0.492 e. The van der Waals surface area contributed by atoms with Crippen molar-refractivity contribution in [1.29, 1.82) is 0 Å². The van der Waals surface area contributed by atoms with E-state index in [0.29, 0.717) is 72.6 Å². The molecule has 2 aliphatic heterocycles. The minimum absolute atomic E-state index is 0.0221. The van der Waals surface area contributed by atoms with Crippen LogP contribution in [-0.4, -0.2) is 61.5 Å². The van der Waals surface area contributed by atoms with Gasteiger partial charge >= 0.3 is 11.9 Å². The van der Waals surface area contributed by atoms with Crippen molar-refractivity contribution >= 4 is 47.2 Å². The molecule has 0 saturated carbocycles. The van der Waals surface area contributed by atoms with Crippen molar-refractivity contribution in [2.75, 3.05) is 39.6 Å². The molecule has 14 nitrogen and oxygen atoms in total. The van der Waals surface area contributed by atoms with Gasteiger partial charge in [0.1, 0.15) is 22.2 Å². The number of azo groups is 2. The van der Waals surface area contributed by atoms with Crippen molar-refractivity contribution in [2.24, 2.45) is 20.5 Å². The first kappa shape index (κ1) is 47.0. The Balaban J connectivity index is 1.32. The van der Waals surface area contributed by atoms with Crippen LogP contribution in [0, 0.1) is 11.6 Å². The number of esters is 2. The fourth-order valence-corrected chi connectivity index (χ4v) is 11.0. The molecule has 0 radical (unpaired) electrons. The molecule has 4 heterocycles. The molecule has 0 bridgehead atoms. The molecule has 2 aliphatic rings. The number of carbonyl (C=O) groups excluding carboxylic acids is 2. The zero-order valence-corrected chi connectivity index (χ0v) is 37.1. The van der Waals surface area contributed by atoms with Gasteiger partial charge in [-0.1, -0.05) is 60.6 Å². The Kier molecular flexibility index (Phi) is 16.9. The van der Waals surface area contributed by atoms with Crippen LogP contribution in [0.2, 0.25) is 0 Å². The number of hydrogen-bond donors (Lipinski definition) is 0. The lowest BCUT2D eigenvalue weighted by atomic mass is 10.2. The smallest absolute Gasteiger partial charge is 0.330 e. The second-order valence-corrected chi connectivity index (χ2v) is 18.0. The van der Waals surface area contributed by atoms with E-state index in [1.807, 2.05) is 26.0 Å². The van der Waals surface area contributed by atoms with E-state index in [1.54, 1.807) is 36.9 Å². The molecule has 332 valence electrons. The maximum absolute atomic E-state index is 16.1. The Morgan fingerprint density at radius 3 is 1.48 bits per heavy atom. The summed E-state index contributed by atoms with van der Waals surface area (Å²) >= 11 is 3.88. The molecule has 63 heavy (non-hydrogen) atoms. The predicted molar refractivity (Wildman–Crippen MR) is 237 cm³/mol. The van der Waals surface area contributed by atoms with Crippen molar-refractivity contribution in [3.8, 4) is 23.0 Å². The van der Waals surface area contributed by atoms with Gasteiger partial charge in [0.05, 0.1) is 52.0 Å². The lowest BCUT2D eigenvalue weighted by Crippen LogP contribution is -2.23. The Labute approximate surface area is 376 Å². The highest BCUT2D eigenvalue weighted by Gasteiger charge is 2.54. The van der Waals surface area contributed by atoms with E-state index in [0.717, 1.165) is 12.2 Å². The fourth-order valence-electron chi connectivity index (χ4n) is 6.07. The lowest BCUT2D eigenvalue weighted by Gasteiger charge is -2.34. The first-order valence-electron chi connectivity index (χ1n) is 20.1. The van der Waals surface area contributed by atoms with Crippen LogP contribution < -0.4 is 18.9 Å². The summed E-state index contributed by atoms with van der Waals surface area (Å²) in [5, 5.41) is 18.0. The molecular formula is C44H46F2N6O8S3. The molecule has 4 aromatic rings. The molecule has 2 aromatic carbocycles. The van der Waals surface area contributed by atoms with Crippen LogP contribution in [0.3, 0.4) is 0 Å². The molecule has 0 saturated heterocycles. The Morgan fingerprint density at radius 2 is 1.08 bits per heavy atom. The molecule has 0 fully saturated rings. The molecule has 0 spiro atoms. The number of carbonyl (C=O) groups is 2. The number of aromatic nitrogens is 2. The third kappa shape index (κ3) is 12.4. The van der Waals surface area contributed by atoms with Gasteiger partial charge in [0.2, 0.25) is 8.41 Å². The summed E-state index contributed by atoms with van der Waals surface area (Å²) in [7, 11) is 0. The Morgan fingerprint density at radius 1 is 0.651 bits per heavy atom. The summed E-state index contributed by atoms with van der Waals surface area (Å²) in [6.07, 6.45) is 10.8. The van der Waals surface area contributed by atoms with Gasteiger partial charge in [-0.15, -0.1) is 0 Å². The number of unbranched alkanes of at least 4 members (excludes halogenated alkanes) is 2. The molecule has 0 N–H and O–H groups in total. The molecule has 19 heteroatoms. The number of hydrogen-bond acceptors (Lipinski definition) is 17. The average Bonchev–Trinajstić information content (AvgIpc) is 3.93. The summed E-state index contributed by atoms with van der Waals surface area (Å²) < 4.78 is 62.5. The Bertz CT molecular complexity index is 2150. The highest BCUT2D eigenvalue weighted by Crippen LogP contribution is 2.70. The topological polar surface area (TPSA) is 165 Å². The highest BCUT2D eigenvalue weighted by molar-refractivity contribution is 8.25. The largest absolute Gasteiger partial charge is 0.492 e. The molecule has 2 aromatic heterocycles. The van der Waals surface area contributed by atoms with Gasteiger partial charge in [-0.05, 0) is 75.9 Å². The number of halogens is 2. The van der Waals surface area contributed by atoms with Crippen LogP contribution in [0.15, 0.2) is 119 Å². The van der Waals surface area contributed by atoms with Gasteiger partial charge in [0.25, 0.3) is 0 Å². The number of ether oxygens (including phenoxy) is 6. The van der Waals surface area contributed by atoms with Gasteiger partial charge in [0, 0.05) is 46.8 Å². The average molecular weight is 921 g/mol. The molecular weight excluding hydrogens is 875 g/mol. The third-order valence-electron chi connectivity index (χ3n) is 9.08. The zero-order chi connectivity index (χ0) is 44.7. The number of rotatable bonds is 24. The molecule has 0 amide bonds. The second-order valence-electron chi connectivity index (χ2n) is 13.6. The van der Waals surface area contributed by atoms with Crippen LogP contribution in [0.4, 0.5) is 8.78 Å². The molecule has 6 rings (SSSR count). The predicted octanol–water partition coefficient (Wildman–Crippen LogP) is 10.8. The fraction of sp³-hybridized carbons (Fsp3) is 0.364. The SMILES string of the molecule is C=CC(=O)OCCCCOc1ccc(C2(SC3(c4ccc(OCCCCOC(=O)C=C)c(F)c4)N=NC(c4cncc(OCC)c4)S3)N=NC(c3cncc(OCC)c3)S2)cc1F. The van der Waals surface area contributed by atoms with Crippen LogP contribution in [0.25, 0.3) is 0 Å². The van der Waals surface area contributed by atoms with E-state index in [9.17, 15) is 9.59 Å². The van der Waals surface area contributed by atoms with Crippen LogP contribution in [0.5, 0.6) is 23.0 Å². The van der Waals surface area contributed by atoms with E-state index in [2.05, 4.69) is 23.1 Å². The van der Waals surface area contributed by atoms with Gasteiger partial charge < -0.3 is 28.4 Å². The van der Waals surface area contributed by atoms with E-state index >= 15 is 8.78 Å². The molecule has 0 aliphatic carbocycles. The van der Waals surface area contributed by atoms with E-state index in [4.69, 9.17) is 48.9 Å². The number of pyridine rings is 2. The van der Waals surface area contributed by atoms with Gasteiger partial charge in [-0.3, -0.25) is 9.97 Å². The minimum atomic E-state index is -1.38. The highest BCUT2D eigenvalue weighted by atomic mass is 32.2. The number of benzene rings is 2. The van der Waals surface area contributed by atoms with Crippen LogP contribution >= 0.6 is 35.3 Å². The monoisotopic (exact) mass is 920 g/mol. The maximum Gasteiger partial charge on any atom is 0.330 e. The third-order valence-corrected chi connectivity index (χ3v) is 13.8. The van der Waals surface area contributed by atoms with Crippen molar-refractivity contribution in [2.45, 2.75) is 58.7 Å². The van der Waals surface area contributed by atoms with Gasteiger partial charge in [-0.25, -0.2) is 18.4 Å². The number of thioether (sulfide) groups is 3. The van der Waals surface area contributed by atoms with Gasteiger partial charge in [-0.2, -0.15) is 20.5 Å². The zero-order valence-electron chi connectivity index (χ0n) is 34.7. The summed E-state index contributed by atoms with van der Waals surface area (Å²) in [6.45, 7) is 12.1. The summed E-state index contributed by atoms with van der Waals surface area (Å²) in [6, 6.07) is 12.9. The second kappa shape index (κ2) is 22.7. The van der Waals surface area contributed by atoms with E-state index in [1.165, 1.54) is 59.6 Å². The first-order chi connectivity index (χ1) is 30.6. The summed E-state index contributed by atoms with van der Waals surface area (Å²) in [4.78, 5) is 31.4. The number of nitrogens with zero attached hydrogens (tertiary/aromatic N) is 6. The van der Waals surface area contributed by atoms with Crippen LogP contribution in [-0.2, 0) is 27.5 Å². The molecule has 4 unspecified atom stereocenters. The van der Waals surface area contributed by atoms with E-state index in [-0.39, 0.29) is 37.9 Å². The van der Waals surface area contributed by atoms with Crippen LogP contribution in [0.1, 0.15) is 72.5 Å². The van der Waals surface area contributed by atoms with Gasteiger partial charge in [0.15, 0.2) is 23.1 Å². The summed E-state index contributed by atoms with van der Waals surface area (Å²) in [5.41, 5.74) is 2.26. The lowest BCUT2D eigenvalue weighted by molar-refractivity contribution is -0.138. The molecule has 4 atom stereocenters. The standard InChI is InChI=1S/C44H46F2N6O8S3/c1-5-39(53)59-19-11-9-17-57-37-15-13-31(23-35(37)45)43(51-49-41(61-43)29-21-33(55-7-3)27-47-25-29)63-44(52-50-42(62-44)30-22-34(56-8-4)28-48-26-30)32-14-16-38(36(46)24-32)58-18-10-12-20-60-40(54)6-2/h5-6,13-16,21-28,41-42H,1-2,7-12,17-20H2,3-4H3. The quantitative estimate of drug-likeness (QED) is 0.0371. The van der Waals surface area contributed by atoms with Crippen molar-refractivity contribution in [3.05, 3.63) is 133 Å². The summed E-state index contributed by atoms with van der Waals surface area (Å²) in [5.74, 6) is -1.15. The maximum atomic E-state index is 16.1. The Hall–Kier alpha value is -5.53. The normalized spacial score (nSPS) is 19.9. The van der Waals surface area contributed by atoms with Crippen molar-refractivity contribution < 1.29 is 46.8 Å².